The van der Waals surface area contributed by atoms with E-state index in [4.69, 9.17) is 16.3 Å². The maximum Gasteiger partial charge on any atom is 0.390 e. The van der Waals surface area contributed by atoms with Crippen LogP contribution < -0.4 is 15.5 Å². The Kier molecular flexibility index (Phi) is 10.1. The van der Waals surface area contributed by atoms with E-state index in [9.17, 15) is 31.5 Å². The van der Waals surface area contributed by atoms with E-state index in [0.29, 0.717) is 56.6 Å². The van der Waals surface area contributed by atoms with Crippen molar-refractivity contribution >= 4 is 34.8 Å². The van der Waals surface area contributed by atoms with Gasteiger partial charge in [0.25, 0.3) is 11.8 Å². The monoisotopic (exact) mass is 603 g/mol. The lowest BCUT2D eigenvalue weighted by Crippen LogP contribution is -2.48. The fraction of sp³-hybridized carbons (Fsp3) is 0.481. The predicted octanol–water partition coefficient (Wildman–Crippen LogP) is 3.89. The number of rotatable bonds is 8. The van der Waals surface area contributed by atoms with E-state index in [2.05, 4.69) is 10.6 Å². The molecule has 0 aromatic heterocycles. The Hall–Kier alpha value is -3.00. The van der Waals surface area contributed by atoms with E-state index >= 15 is 0 Å². The molecule has 2 N–H and O–H groups in total. The summed E-state index contributed by atoms with van der Waals surface area (Å²) < 4.78 is 73.0. The minimum absolute atomic E-state index is 0.104. The quantitative estimate of drug-likeness (QED) is 0.446. The molecule has 2 heterocycles. The van der Waals surface area contributed by atoms with Gasteiger partial charge in [-0.2, -0.15) is 13.2 Å². The minimum atomic E-state index is -4.23. The molecule has 2 aliphatic rings. The van der Waals surface area contributed by atoms with E-state index in [1.54, 1.807) is 11.0 Å². The van der Waals surface area contributed by atoms with Crippen molar-refractivity contribution in [1.29, 1.82) is 0 Å². The molecule has 2 amide bonds. The molecule has 224 valence electrons. The first-order chi connectivity index (χ1) is 19.4. The normalized spacial score (nSPS) is 18.8. The third kappa shape index (κ3) is 8.28. The zero-order chi connectivity index (χ0) is 29.7. The largest absolute Gasteiger partial charge is 0.390 e. The van der Waals surface area contributed by atoms with Crippen LogP contribution in [0.15, 0.2) is 30.3 Å². The summed E-state index contributed by atoms with van der Waals surface area (Å²) in [5.41, 5.74) is 0.133. The van der Waals surface area contributed by atoms with Gasteiger partial charge in [-0.25, -0.2) is 8.78 Å². The Balaban J connectivity index is 1.40. The lowest BCUT2D eigenvalue weighted by molar-refractivity contribution is -0.138. The zero-order valence-electron chi connectivity index (χ0n) is 22.4. The molecule has 41 heavy (non-hydrogen) atoms. The van der Waals surface area contributed by atoms with Crippen molar-refractivity contribution in [3.8, 4) is 0 Å². The first kappa shape index (κ1) is 30.9. The van der Waals surface area contributed by atoms with Crippen molar-refractivity contribution < 1.29 is 36.3 Å². The number of amides is 2. The third-order valence-corrected chi connectivity index (χ3v) is 7.29. The summed E-state index contributed by atoms with van der Waals surface area (Å²) in [7, 11) is 1.84. The number of ether oxygens (including phenoxy) is 1. The van der Waals surface area contributed by atoms with Crippen molar-refractivity contribution in [1.82, 2.24) is 15.1 Å². The van der Waals surface area contributed by atoms with Gasteiger partial charge in [0, 0.05) is 62.9 Å². The molecular weight excluding hydrogens is 573 g/mol. The number of benzene rings is 2. The summed E-state index contributed by atoms with van der Waals surface area (Å²) >= 11 is 6.17. The van der Waals surface area contributed by atoms with Crippen LogP contribution >= 0.6 is 11.6 Å². The average molecular weight is 604 g/mol. The fourth-order valence-corrected chi connectivity index (χ4v) is 4.86. The molecule has 4 rings (SSSR count). The lowest BCUT2D eigenvalue weighted by Gasteiger charge is -2.37. The highest BCUT2D eigenvalue weighted by molar-refractivity contribution is 6.31. The van der Waals surface area contributed by atoms with Crippen molar-refractivity contribution in [2.24, 2.45) is 0 Å². The van der Waals surface area contributed by atoms with Gasteiger partial charge in [-0.3, -0.25) is 14.5 Å². The summed E-state index contributed by atoms with van der Waals surface area (Å²) in [5, 5.41) is 5.50. The molecule has 2 fully saturated rings. The SMILES string of the molecule is CN1CCOC(C(=O)NCc2ccc(C(=O)Nc3ccc(Cl)cc3N3CCN(CCC(F)(F)F)CC3)c(F)c2F)C1. The number of alkyl halides is 3. The van der Waals surface area contributed by atoms with Crippen molar-refractivity contribution in [3.05, 3.63) is 58.1 Å². The summed E-state index contributed by atoms with van der Waals surface area (Å²) in [6, 6.07) is 7.00. The van der Waals surface area contributed by atoms with Gasteiger partial charge in [-0.1, -0.05) is 17.7 Å². The van der Waals surface area contributed by atoms with E-state index in [-0.39, 0.29) is 24.3 Å². The summed E-state index contributed by atoms with van der Waals surface area (Å²) in [5.74, 6) is -3.97. The molecular formula is C27H31ClF5N5O3. The average Bonchev–Trinajstić information content (AvgIpc) is 2.93. The van der Waals surface area contributed by atoms with Gasteiger partial charge in [-0.05, 0) is 31.3 Å². The highest BCUT2D eigenvalue weighted by Crippen LogP contribution is 2.31. The van der Waals surface area contributed by atoms with Crippen molar-refractivity contribution in [2.75, 3.05) is 69.7 Å². The Morgan fingerprint density at radius 3 is 2.46 bits per heavy atom. The summed E-state index contributed by atoms with van der Waals surface area (Å²) in [4.78, 5) is 30.8. The minimum Gasteiger partial charge on any atom is -0.367 e. The van der Waals surface area contributed by atoms with Crippen LogP contribution in [0, 0.1) is 11.6 Å². The van der Waals surface area contributed by atoms with Gasteiger partial charge in [0.15, 0.2) is 11.6 Å². The lowest BCUT2D eigenvalue weighted by atomic mass is 10.1. The standard InChI is InChI=1S/C27H31ClF5N5O3/c1-36-12-13-41-22(16-36)26(40)34-15-17-2-4-19(24(30)23(17)29)25(39)35-20-5-3-18(28)14-21(20)38-10-8-37(9-11-38)7-6-27(31,32)33/h2-5,14,22H,6-13,15-16H2,1H3,(H,34,40)(H,35,39). The Morgan fingerprint density at radius 1 is 1.05 bits per heavy atom. The fourth-order valence-electron chi connectivity index (χ4n) is 4.69. The molecule has 0 radical (unpaired) electrons. The van der Waals surface area contributed by atoms with Gasteiger partial charge < -0.3 is 25.2 Å². The number of hydrogen-bond acceptors (Lipinski definition) is 6. The molecule has 0 saturated carbocycles. The number of nitrogens with zero attached hydrogens (tertiary/aromatic N) is 3. The number of nitrogens with one attached hydrogen (secondary N) is 2. The van der Waals surface area contributed by atoms with Gasteiger partial charge in [0.2, 0.25) is 0 Å². The number of carbonyl (C=O) groups is 2. The van der Waals surface area contributed by atoms with Crippen LogP contribution in [0.2, 0.25) is 5.02 Å². The Morgan fingerprint density at radius 2 is 1.78 bits per heavy atom. The number of hydrogen-bond donors (Lipinski definition) is 2. The highest BCUT2D eigenvalue weighted by atomic mass is 35.5. The van der Waals surface area contributed by atoms with Crippen LogP contribution in [0.5, 0.6) is 0 Å². The number of carbonyl (C=O) groups excluding carboxylic acids is 2. The van der Waals surface area contributed by atoms with Crippen molar-refractivity contribution in [3.63, 3.8) is 0 Å². The molecule has 0 bridgehead atoms. The summed E-state index contributed by atoms with van der Waals surface area (Å²) in [6.45, 7) is 2.56. The molecule has 2 aromatic carbocycles. The van der Waals surface area contributed by atoms with Crippen LogP contribution in [0.4, 0.5) is 33.3 Å². The molecule has 2 aromatic rings. The van der Waals surface area contributed by atoms with E-state index < -0.39 is 47.7 Å². The van der Waals surface area contributed by atoms with E-state index in [1.807, 2.05) is 16.8 Å². The second-order valence-electron chi connectivity index (χ2n) is 10.0. The molecule has 2 saturated heterocycles. The van der Waals surface area contributed by atoms with Crippen LogP contribution in [0.3, 0.4) is 0 Å². The van der Waals surface area contributed by atoms with Crippen LogP contribution in [-0.2, 0) is 16.1 Å². The molecule has 0 spiro atoms. The Labute approximate surface area is 239 Å². The smallest absolute Gasteiger partial charge is 0.367 e. The second kappa shape index (κ2) is 13.3. The third-order valence-electron chi connectivity index (χ3n) is 7.05. The molecule has 2 aliphatic heterocycles. The van der Waals surface area contributed by atoms with Crippen LogP contribution in [-0.4, -0.2) is 93.4 Å². The van der Waals surface area contributed by atoms with E-state index in [1.165, 1.54) is 18.2 Å². The maximum atomic E-state index is 15.0. The molecule has 1 atom stereocenters. The Bertz CT molecular complexity index is 1260. The number of morpholine rings is 1. The van der Waals surface area contributed by atoms with Gasteiger partial charge >= 0.3 is 6.18 Å². The first-order valence-electron chi connectivity index (χ1n) is 13.1. The second-order valence-corrected chi connectivity index (χ2v) is 10.5. The van der Waals surface area contributed by atoms with Crippen LogP contribution in [0.25, 0.3) is 0 Å². The molecule has 1 unspecified atom stereocenters. The highest BCUT2D eigenvalue weighted by Gasteiger charge is 2.30. The zero-order valence-corrected chi connectivity index (χ0v) is 23.1. The van der Waals surface area contributed by atoms with Gasteiger partial charge in [0.1, 0.15) is 6.10 Å². The number of likely N-dealkylation sites (N-methyl/N-ethyl adjacent to an activating group) is 1. The summed E-state index contributed by atoms with van der Waals surface area (Å²) in [6.07, 6.45) is -5.85. The van der Waals surface area contributed by atoms with Crippen LogP contribution in [0.1, 0.15) is 22.3 Å². The maximum absolute atomic E-state index is 15.0. The number of piperazine rings is 1. The number of anilines is 2. The van der Waals surface area contributed by atoms with Gasteiger partial charge in [-0.15, -0.1) is 0 Å². The van der Waals surface area contributed by atoms with Crippen molar-refractivity contribution in [2.45, 2.75) is 25.2 Å². The topological polar surface area (TPSA) is 77.1 Å². The molecule has 8 nitrogen and oxygen atoms in total. The molecule has 14 heteroatoms. The number of halogens is 6. The van der Waals surface area contributed by atoms with E-state index in [0.717, 1.165) is 6.07 Å². The first-order valence-corrected chi connectivity index (χ1v) is 13.5. The predicted molar refractivity (Wildman–Crippen MR) is 144 cm³/mol. The van der Waals surface area contributed by atoms with Gasteiger partial charge in [0.05, 0.1) is 30.0 Å². The molecule has 0 aliphatic carbocycles.